The van der Waals surface area contributed by atoms with Gasteiger partial charge in [-0.25, -0.2) is 4.79 Å². The van der Waals surface area contributed by atoms with Crippen molar-refractivity contribution >= 4 is 105 Å². The molecule has 9 heterocycles. The van der Waals surface area contributed by atoms with E-state index >= 15 is 24.0 Å². The highest BCUT2D eigenvalue weighted by Gasteiger charge is 2.53. The van der Waals surface area contributed by atoms with Crippen molar-refractivity contribution in [2.75, 3.05) is 13.7 Å². The summed E-state index contributed by atoms with van der Waals surface area (Å²) in [7, 11) is 1.48. The molecule has 0 saturated carbocycles. The first-order valence-corrected chi connectivity index (χ1v) is 42.6. The number of nitrogens with two attached hydrogens (primary N) is 2. The van der Waals surface area contributed by atoms with Gasteiger partial charge in [-0.2, -0.15) is 0 Å². The number of likely N-dealkylation sites (N-methyl/N-ethyl adjacent to an activating group) is 1. The second-order valence-electron chi connectivity index (χ2n) is 32.7. The standard InChI is InChI=1S/C86H95Cl4N7O28S.CH4/c1-33(2)19-50(93-5)81(114)96-67-53(102)24-40(27-62(91)104)79(112)94-65-39-25-58(119-55-16-11-37(69(67)105)22-48(55)89)76(124-85-74(110)72(108)77(60(32-98)122-85)125-84-73(109)71(107)70(106)57(121-84)8-6-7-42-13-18-61(126-42)36-9-14-46(87)47(88)21-36)59(26-39)120-56-17-12-38(23-49(56)90)75(123-63-31-86(4,92)78(111)34(3)118-63)68-82(115)95-66(83(116)117)45-28-41(99)29-52(101)64(45)44-20-35(10-15-51(44)100)43(30-54(65)103)80(113)97-68;/h9-18,20-23,25-26,28-29,33-34,40,43,50,57,60,63,65-75,77-78,84-85,93,98-101,105-111H,6-8,19,24,27,30-32,92H2,1-5H3,(H2,91,104)(H,94,112)(H,95,115)(H,96,114)(H,97,113)(H,116,117);1H4/t34-,40+,43-,50+,57+,60+,63?,65+,66-,67?,68-,69+,70-,71-,72+,73+,74+,75+,77+,78-,84-,85-,86-;/m0./s1. The number of fused-ring (bicyclic) bond motifs is 15. The highest BCUT2D eigenvalue weighted by atomic mass is 35.5. The third-order valence-corrected chi connectivity index (χ3v) is 25.6. The van der Waals surface area contributed by atoms with E-state index in [1.54, 1.807) is 12.1 Å². The van der Waals surface area contributed by atoms with Gasteiger partial charge in [-0.3, -0.25) is 33.6 Å². The van der Waals surface area contributed by atoms with Crippen LogP contribution in [0.3, 0.4) is 0 Å². The number of carboxylic acids is 1. The maximum absolute atomic E-state index is 16.6. The highest BCUT2D eigenvalue weighted by molar-refractivity contribution is 7.15. The average Bonchev–Trinajstić information content (AvgIpc) is 0.977. The van der Waals surface area contributed by atoms with Gasteiger partial charge >= 0.3 is 5.97 Å². The van der Waals surface area contributed by atoms with Crippen molar-refractivity contribution in [1.82, 2.24) is 26.6 Å². The molecule has 2 unspecified atom stereocenters. The Hall–Kier alpha value is -9.46. The predicted octanol–water partition coefficient (Wildman–Crippen LogP) is 6.61. The number of carbonyl (C=O) groups is 8. The molecule has 35 nitrogen and oxygen atoms in total. The molecule has 5 amide bonds. The summed E-state index contributed by atoms with van der Waals surface area (Å²) in [6.45, 7) is 5.50. The Kier molecular flexibility index (Phi) is 30.6. The number of ether oxygens (including phenoxy) is 8. The zero-order chi connectivity index (χ0) is 91.1. The molecule has 15 rings (SSSR count). The number of hydrogen-bond acceptors (Lipinski definition) is 30. The molecule has 1 aromatic heterocycles. The SMILES string of the molecule is C.CN[C@H](CC(C)C)C(=O)NC1C(=O)C[C@H](CC(N)=O)C(=O)N[C@H]2C(=O)C[C@@H]3C(=O)N[C@H](C(=O)N[C@H](C(=O)O)c4cc(O)cc(O)c4-c4cc3ccc4O)[C@H](OC3C[C@](C)(N)[C@@H](O)[C@H](C)O3)c3ccc(c(Cl)c3)Oc3cc2cc(c3O[C@@H]2O[C@H](CO)[C@@H](O[C@@H]3O[C@H](CCCc4ccc(-c5ccc(Cl)c(Cl)c5)s4)[C@H](O)[C@H](O)[C@H]3O)[C@H](O)[C@H]2O)Oc2ccc(cc2Cl)[C@H]1O. The van der Waals surface area contributed by atoms with Gasteiger partial charge in [0.05, 0.1) is 62.9 Å². The number of carbonyl (C=O) groups excluding carboxylic acids is 7. The number of primary amides is 1. The van der Waals surface area contributed by atoms with Gasteiger partial charge in [0.25, 0.3) is 0 Å². The Morgan fingerprint density at radius 2 is 1.33 bits per heavy atom. The maximum atomic E-state index is 16.6. The molecular formula is C87H99Cl4N7O28S. The summed E-state index contributed by atoms with van der Waals surface area (Å²) in [4.78, 5) is 123. The Bertz CT molecular complexity index is 5300. The zero-order valence-electron chi connectivity index (χ0n) is 68.0. The number of carboxylic acid groups (broad SMARTS) is 1. The zero-order valence-corrected chi connectivity index (χ0v) is 71.8. The molecule has 127 heavy (non-hydrogen) atoms. The van der Waals surface area contributed by atoms with Crippen LogP contribution < -0.4 is 52.3 Å². The Morgan fingerprint density at radius 3 is 1.97 bits per heavy atom. The van der Waals surface area contributed by atoms with Crippen molar-refractivity contribution in [2.45, 2.75) is 220 Å². The molecule has 40 heteroatoms. The number of aliphatic carboxylic acids is 1. The second-order valence-corrected chi connectivity index (χ2v) is 35.5. The monoisotopic (exact) mass is 1860 g/mol. The molecule has 7 aromatic rings. The van der Waals surface area contributed by atoms with E-state index in [1.165, 1.54) is 56.5 Å². The number of phenolic OH excluding ortho intramolecular Hbond substituents is 3. The number of ketones is 2. The molecular weight excluding hydrogens is 1760 g/mol. The lowest BCUT2D eigenvalue weighted by Crippen LogP contribution is -2.64. The fraction of sp³-hybridized carbons (Fsp3) is 0.448. The van der Waals surface area contributed by atoms with Crippen LogP contribution in [0.25, 0.3) is 21.6 Å². The van der Waals surface area contributed by atoms with Gasteiger partial charge < -0.3 is 137 Å². The first-order chi connectivity index (χ1) is 59.7. The van der Waals surface area contributed by atoms with Crippen LogP contribution in [0.5, 0.6) is 46.0 Å². The molecule has 0 aliphatic carbocycles. The molecule has 0 radical (unpaired) electrons. The number of thiophene rings is 1. The van der Waals surface area contributed by atoms with Gasteiger partial charge in [0, 0.05) is 63.7 Å². The summed E-state index contributed by atoms with van der Waals surface area (Å²) >= 11 is 28.5. The first kappa shape index (κ1) is 96.6. The topological polar surface area (TPSA) is 565 Å². The number of halogens is 4. The number of aryl methyl sites for hydroxylation is 1. The van der Waals surface area contributed by atoms with Crippen LogP contribution in [0.2, 0.25) is 20.1 Å². The average molecular weight is 1860 g/mol. The van der Waals surface area contributed by atoms with E-state index in [0.717, 1.165) is 69.9 Å². The fourth-order valence-electron chi connectivity index (χ4n) is 16.4. The Balaban J connectivity index is 0.0000146. The third kappa shape index (κ3) is 21.2. The molecule has 684 valence electrons. The lowest BCUT2D eigenvalue weighted by Gasteiger charge is -2.46. The van der Waals surface area contributed by atoms with Crippen LogP contribution in [0, 0.1) is 11.8 Å². The minimum Gasteiger partial charge on any atom is -0.508 e. The van der Waals surface area contributed by atoms with E-state index in [1.807, 2.05) is 32.0 Å². The molecule has 23 atom stereocenters. The normalized spacial score (nSPS) is 29.5. The van der Waals surface area contributed by atoms with Crippen molar-refractivity contribution < 1.29 is 138 Å². The summed E-state index contributed by atoms with van der Waals surface area (Å²) in [5, 5.41) is 153. The summed E-state index contributed by atoms with van der Waals surface area (Å²) in [5.74, 6) is -19.3. The van der Waals surface area contributed by atoms with Crippen molar-refractivity contribution in [1.29, 1.82) is 0 Å². The minimum absolute atomic E-state index is 0. The Morgan fingerprint density at radius 1 is 0.669 bits per heavy atom. The summed E-state index contributed by atoms with van der Waals surface area (Å²) in [6, 6.07) is 13.4. The van der Waals surface area contributed by atoms with Gasteiger partial charge in [-0.1, -0.05) is 91.9 Å². The second kappa shape index (κ2) is 40.3. The van der Waals surface area contributed by atoms with Crippen molar-refractivity contribution in [3.8, 4) is 67.6 Å². The molecule has 11 bridgehead atoms. The summed E-state index contributed by atoms with van der Waals surface area (Å²) < 4.78 is 51.5. The first-order valence-electron chi connectivity index (χ1n) is 40.3. The van der Waals surface area contributed by atoms with E-state index in [0.29, 0.717) is 22.9 Å². The van der Waals surface area contributed by atoms with Crippen LogP contribution in [0.1, 0.15) is 143 Å². The number of amides is 5. The number of Topliss-reactive ketones (excluding diaryl/α,β-unsaturated/α-hetero) is 2. The quantitative estimate of drug-likeness (QED) is 0.0381. The van der Waals surface area contributed by atoms with Gasteiger partial charge in [0.15, 0.2) is 41.7 Å². The van der Waals surface area contributed by atoms with E-state index < -0.39 is 280 Å². The molecule has 6 aromatic carbocycles. The van der Waals surface area contributed by atoms with Crippen LogP contribution in [-0.4, -0.2) is 226 Å². The number of aliphatic hydroxyl groups excluding tert-OH is 8. The van der Waals surface area contributed by atoms with Gasteiger partial charge in [-0.05, 0) is 159 Å². The van der Waals surface area contributed by atoms with E-state index in [-0.39, 0.29) is 60.1 Å². The van der Waals surface area contributed by atoms with Crippen LogP contribution in [0.4, 0.5) is 0 Å². The van der Waals surface area contributed by atoms with Crippen molar-refractivity contribution in [3.63, 3.8) is 0 Å². The number of nitrogens with one attached hydrogen (secondary N) is 5. The Labute approximate surface area is 751 Å². The molecule has 3 fully saturated rings. The van der Waals surface area contributed by atoms with Crippen molar-refractivity contribution in [3.05, 3.63) is 162 Å². The number of benzene rings is 6. The maximum Gasteiger partial charge on any atom is 0.330 e. The molecule has 21 N–H and O–H groups in total. The number of phenols is 3. The predicted molar refractivity (Wildman–Crippen MR) is 457 cm³/mol. The highest BCUT2D eigenvalue weighted by Crippen LogP contribution is 2.51. The molecule has 3 saturated heterocycles. The van der Waals surface area contributed by atoms with E-state index in [4.69, 9.17) is 95.8 Å². The smallest absolute Gasteiger partial charge is 0.330 e. The van der Waals surface area contributed by atoms with Crippen molar-refractivity contribution in [2.24, 2.45) is 23.3 Å². The van der Waals surface area contributed by atoms with Gasteiger partial charge in [-0.15, -0.1) is 11.3 Å². The van der Waals surface area contributed by atoms with Crippen LogP contribution in [-0.2, 0) is 68.5 Å². The molecule has 0 spiro atoms. The molecule has 8 aliphatic rings. The summed E-state index contributed by atoms with van der Waals surface area (Å²) in [6.07, 6.45) is -29.7. The van der Waals surface area contributed by atoms with Gasteiger partial charge in [0.2, 0.25) is 41.6 Å². The van der Waals surface area contributed by atoms with Gasteiger partial charge in [0.1, 0.15) is 102 Å². The lowest BCUT2D eigenvalue weighted by molar-refractivity contribution is -0.351. The van der Waals surface area contributed by atoms with E-state index in [9.17, 15) is 75.7 Å². The summed E-state index contributed by atoms with van der Waals surface area (Å²) in [5.41, 5.74) is 9.30. The van der Waals surface area contributed by atoms with Crippen LogP contribution >= 0.6 is 57.7 Å². The largest absolute Gasteiger partial charge is 0.508 e. The van der Waals surface area contributed by atoms with Crippen LogP contribution in [0.15, 0.2) is 109 Å². The van der Waals surface area contributed by atoms with E-state index in [2.05, 4.69) is 26.6 Å². The third-order valence-electron chi connectivity index (χ3n) is 23.1. The fourth-order valence-corrected chi connectivity index (χ4v) is 18.2. The molecule has 8 aliphatic heterocycles. The number of aromatic hydroxyl groups is 3. The number of aliphatic hydroxyl groups is 8. The minimum atomic E-state index is -2.34. The lowest BCUT2D eigenvalue weighted by atomic mass is 9.84. The number of rotatable bonds is 20. The number of hydrogen-bond donors (Lipinski definition) is 19.